The second kappa shape index (κ2) is 5.19. The molecular weight excluding hydrogens is 210 g/mol. The first kappa shape index (κ1) is 12.6. The molecule has 0 amide bonds. The van der Waals surface area contributed by atoms with Gasteiger partial charge in [0.1, 0.15) is 0 Å². The van der Waals surface area contributed by atoms with Gasteiger partial charge in [0.2, 0.25) is 0 Å². The van der Waals surface area contributed by atoms with Crippen molar-refractivity contribution >= 4 is 0 Å². The van der Waals surface area contributed by atoms with E-state index in [4.69, 9.17) is 0 Å². The maximum atomic E-state index is 9.75. The Bertz CT molecular complexity index is 377. The Morgan fingerprint density at radius 3 is 2.71 bits per heavy atom. The lowest BCUT2D eigenvalue weighted by Gasteiger charge is -2.39. The third-order valence-corrected chi connectivity index (χ3v) is 3.99. The van der Waals surface area contributed by atoms with Crippen LogP contribution in [0.25, 0.3) is 0 Å². The molecule has 17 heavy (non-hydrogen) atoms. The largest absolute Gasteiger partial charge is 0.394 e. The second-order valence-corrected chi connectivity index (χ2v) is 5.34. The van der Waals surface area contributed by atoms with Crippen LogP contribution in [-0.4, -0.2) is 23.3 Å². The van der Waals surface area contributed by atoms with Gasteiger partial charge in [0, 0.05) is 11.6 Å². The van der Waals surface area contributed by atoms with E-state index < -0.39 is 0 Å². The summed E-state index contributed by atoms with van der Waals surface area (Å²) in [6.07, 6.45) is 4.15. The van der Waals surface area contributed by atoms with Crippen LogP contribution < -0.4 is 5.32 Å². The molecular formula is C15H23NO. The number of aryl methyl sites for hydroxylation is 1. The quantitative estimate of drug-likeness (QED) is 0.836. The highest BCUT2D eigenvalue weighted by Gasteiger charge is 2.34. The minimum Gasteiger partial charge on any atom is -0.394 e. The molecule has 0 aromatic heterocycles. The molecule has 94 valence electrons. The van der Waals surface area contributed by atoms with Crippen LogP contribution >= 0.6 is 0 Å². The maximum Gasteiger partial charge on any atom is 0.0616 e. The fourth-order valence-corrected chi connectivity index (χ4v) is 2.73. The van der Waals surface area contributed by atoms with E-state index in [0.717, 1.165) is 25.7 Å². The summed E-state index contributed by atoms with van der Waals surface area (Å²) in [5.41, 5.74) is 2.73. The predicted octanol–water partition coefficient (Wildman–Crippen LogP) is 2.29. The molecule has 0 fully saturated rings. The first-order chi connectivity index (χ1) is 8.19. The summed E-state index contributed by atoms with van der Waals surface area (Å²) >= 11 is 0. The molecule has 1 aliphatic rings. The minimum absolute atomic E-state index is 0.107. The second-order valence-electron chi connectivity index (χ2n) is 5.34. The minimum atomic E-state index is -0.107. The highest BCUT2D eigenvalue weighted by molar-refractivity contribution is 5.32. The number of hydrogen-bond acceptors (Lipinski definition) is 2. The number of hydrogen-bond donors (Lipinski definition) is 2. The topological polar surface area (TPSA) is 32.3 Å². The molecule has 0 spiro atoms. The van der Waals surface area contributed by atoms with Gasteiger partial charge >= 0.3 is 0 Å². The molecule has 0 aliphatic heterocycles. The number of aliphatic hydroxyl groups excluding tert-OH is 1. The van der Waals surface area contributed by atoms with Gasteiger partial charge in [-0.2, -0.15) is 0 Å². The Hall–Kier alpha value is -0.860. The van der Waals surface area contributed by atoms with E-state index in [1.165, 1.54) is 11.1 Å². The fourth-order valence-electron chi connectivity index (χ4n) is 2.73. The standard InChI is InChI=1S/C15H23NO/c1-3-12(2)16-15(11-17)9-8-13-6-4-5-7-14(13)10-15/h4-7,12,16-17H,3,8-11H2,1-2H3. The van der Waals surface area contributed by atoms with E-state index in [0.29, 0.717) is 6.04 Å². The summed E-state index contributed by atoms with van der Waals surface area (Å²) in [4.78, 5) is 0. The van der Waals surface area contributed by atoms with Gasteiger partial charge in [-0.15, -0.1) is 0 Å². The van der Waals surface area contributed by atoms with Crippen LogP contribution in [0.5, 0.6) is 0 Å². The molecule has 2 atom stereocenters. The average Bonchev–Trinajstić information content (AvgIpc) is 2.38. The van der Waals surface area contributed by atoms with E-state index in [1.54, 1.807) is 0 Å². The molecule has 0 bridgehead atoms. The zero-order valence-electron chi connectivity index (χ0n) is 10.9. The van der Waals surface area contributed by atoms with Crippen molar-refractivity contribution in [3.8, 4) is 0 Å². The molecule has 2 N–H and O–H groups in total. The molecule has 1 aliphatic carbocycles. The highest BCUT2D eigenvalue weighted by atomic mass is 16.3. The van der Waals surface area contributed by atoms with Crippen molar-refractivity contribution in [3.05, 3.63) is 35.4 Å². The van der Waals surface area contributed by atoms with Crippen molar-refractivity contribution in [3.63, 3.8) is 0 Å². The third kappa shape index (κ3) is 2.70. The summed E-state index contributed by atoms with van der Waals surface area (Å²) in [5.74, 6) is 0. The number of rotatable bonds is 4. The van der Waals surface area contributed by atoms with Crippen molar-refractivity contribution < 1.29 is 5.11 Å². The zero-order valence-corrected chi connectivity index (χ0v) is 10.9. The van der Waals surface area contributed by atoms with Gasteiger partial charge in [-0.25, -0.2) is 0 Å². The first-order valence-corrected chi connectivity index (χ1v) is 6.64. The molecule has 0 radical (unpaired) electrons. The SMILES string of the molecule is CCC(C)NC1(CO)CCc2ccccc2C1. The predicted molar refractivity (Wildman–Crippen MR) is 71.2 cm³/mol. The van der Waals surface area contributed by atoms with Gasteiger partial charge in [-0.3, -0.25) is 0 Å². The fraction of sp³-hybridized carbons (Fsp3) is 0.600. The Labute approximate surface area is 104 Å². The summed E-state index contributed by atoms with van der Waals surface area (Å²) in [6.45, 7) is 4.60. The molecule has 2 rings (SSSR count). The lowest BCUT2D eigenvalue weighted by molar-refractivity contribution is 0.133. The number of benzene rings is 1. The van der Waals surface area contributed by atoms with Crippen LogP contribution in [0, 0.1) is 0 Å². The van der Waals surface area contributed by atoms with Crippen LogP contribution in [0.4, 0.5) is 0 Å². The van der Waals surface area contributed by atoms with Crippen molar-refractivity contribution in [2.75, 3.05) is 6.61 Å². The van der Waals surface area contributed by atoms with Gasteiger partial charge in [-0.1, -0.05) is 31.2 Å². The Morgan fingerprint density at radius 1 is 1.35 bits per heavy atom. The van der Waals surface area contributed by atoms with E-state index in [2.05, 4.69) is 43.4 Å². The Kier molecular flexibility index (Phi) is 3.85. The maximum absolute atomic E-state index is 9.75. The van der Waals surface area contributed by atoms with Crippen LogP contribution in [0.15, 0.2) is 24.3 Å². The van der Waals surface area contributed by atoms with E-state index in [-0.39, 0.29) is 12.1 Å². The summed E-state index contributed by atoms with van der Waals surface area (Å²) in [6, 6.07) is 9.06. The average molecular weight is 233 g/mol. The van der Waals surface area contributed by atoms with Gasteiger partial charge in [0.05, 0.1) is 6.61 Å². The first-order valence-electron chi connectivity index (χ1n) is 6.64. The molecule has 1 aromatic rings. The Balaban J connectivity index is 2.17. The van der Waals surface area contributed by atoms with E-state index >= 15 is 0 Å². The van der Waals surface area contributed by atoms with Crippen LogP contribution in [0.3, 0.4) is 0 Å². The lowest BCUT2D eigenvalue weighted by Crippen LogP contribution is -2.55. The van der Waals surface area contributed by atoms with Gasteiger partial charge in [0.25, 0.3) is 0 Å². The zero-order chi connectivity index (χ0) is 12.3. The third-order valence-electron chi connectivity index (χ3n) is 3.99. The molecule has 0 saturated carbocycles. The summed E-state index contributed by atoms with van der Waals surface area (Å²) in [7, 11) is 0. The number of nitrogens with one attached hydrogen (secondary N) is 1. The monoisotopic (exact) mass is 233 g/mol. The summed E-state index contributed by atoms with van der Waals surface area (Å²) in [5, 5.41) is 13.4. The van der Waals surface area contributed by atoms with Crippen molar-refractivity contribution in [1.29, 1.82) is 0 Å². The van der Waals surface area contributed by atoms with Crippen molar-refractivity contribution in [2.24, 2.45) is 0 Å². The number of aliphatic hydroxyl groups is 1. The molecule has 2 nitrogen and oxygen atoms in total. The molecule has 0 heterocycles. The van der Waals surface area contributed by atoms with Gasteiger partial charge < -0.3 is 10.4 Å². The van der Waals surface area contributed by atoms with Crippen LogP contribution in [-0.2, 0) is 12.8 Å². The van der Waals surface area contributed by atoms with Crippen molar-refractivity contribution in [1.82, 2.24) is 5.32 Å². The van der Waals surface area contributed by atoms with E-state index in [9.17, 15) is 5.11 Å². The molecule has 1 aromatic carbocycles. The molecule has 0 saturated heterocycles. The Morgan fingerprint density at radius 2 is 2.06 bits per heavy atom. The van der Waals surface area contributed by atoms with Crippen LogP contribution in [0.1, 0.15) is 37.8 Å². The normalized spacial score (nSPS) is 25.4. The molecule has 2 heteroatoms. The van der Waals surface area contributed by atoms with Gasteiger partial charge in [0.15, 0.2) is 0 Å². The number of fused-ring (bicyclic) bond motifs is 1. The van der Waals surface area contributed by atoms with Crippen LogP contribution in [0.2, 0.25) is 0 Å². The molecule has 2 unspecified atom stereocenters. The highest BCUT2D eigenvalue weighted by Crippen LogP contribution is 2.29. The van der Waals surface area contributed by atoms with Gasteiger partial charge in [-0.05, 0) is 43.7 Å². The van der Waals surface area contributed by atoms with Crippen molar-refractivity contribution in [2.45, 2.75) is 51.1 Å². The lowest BCUT2D eigenvalue weighted by atomic mass is 9.78. The van der Waals surface area contributed by atoms with E-state index in [1.807, 2.05) is 0 Å². The summed E-state index contributed by atoms with van der Waals surface area (Å²) < 4.78 is 0. The smallest absolute Gasteiger partial charge is 0.0616 e.